The van der Waals surface area contributed by atoms with Gasteiger partial charge in [0, 0.05) is 32.4 Å². The van der Waals surface area contributed by atoms with Crippen LogP contribution in [0.15, 0.2) is 52.0 Å². The van der Waals surface area contributed by atoms with Gasteiger partial charge in [-0.1, -0.05) is 37.2 Å². The quantitative estimate of drug-likeness (QED) is 0.487. The Balaban J connectivity index is 1.37. The molecule has 3 heterocycles. The van der Waals surface area contributed by atoms with Crippen molar-refractivity contribution in [3.63, 3.8) is 0 Å². The number of benzene rings is 1. The van der Waals surface area contributed by atoms with E-state index >= 15 is 0 Å². The summed E-state index contributed by atoms with van der Waals surface area (Å²) in [5.74, 6) is -0.984. The van der Waals surface area contributed by atoms with Crippen LogP contribution in [0, 0.1) is 0 Å². The number of ether oxygens (including phenoxy) is 1. The van der Waals surface area contributed by atoms with Crippen LogP contribution < -0.4 is 0 Å². The van der Waals surface area contributed by atoms with Crippen molar-refractivity contribution in [2.45, 2.75) is 37.7 Å². The Morgan fingerprint density at radius 3 is 2.38 bits per heavy atom. The average Bonchev–Trinajstić information content (AvgIpc) is 3.28. The Morgan fingerprint density at radius 1 is 1.06 bits per heavy atom. The van der Waals surface area contributed by atoms with E-state index in [-0.39, 0.29) is 48.5 Å². The zero-order valence-corrected chi connectivity index (χ0v) is 20.0. The maximum absolute atomic E-state index is 12.8. The number of fused-ring (bicyclic) bond motifs is 1. The van der Waals surface area contributed by atoms with E-state index in [1.165, 1.54) is 22.3 Å². The van der Waals surface area contributed by atoms with Crippen molar-refractivity contribution in [1.82, 2.24) is 19.3 Å². The van der Waals surface area contributed by atoms with Gasteiger partial charge in [-0.2, -0.15) is 4.31 Å². The van der Waals surface area contributed by atoms with Gasteiger partial charge in [-0.05, 0) is 31.0 Å². The Morgan fingerprint density at radius 2 is 1.74 bits per heavy atom. The lowest BCUT2D eigenvalue weighted by atomic mass is 10.1. The molecule has 180 valence electrons. The topological polar surface area (TPSA) is 123 Å². The number of esters is 1. The van der Waals surface area contributed by atoms with Crippen LogP contribution in [0.3, 0.4) is 0 Å². The summed E-state index contributed by atoms with van der Waals surface area (Å²) in [6, 6.07) is 9.78. The lowest BCUT2D eigenvalue weighted by molar-refractivity contribution is -0.141. The van der Waals surface area contributed by atoms with Crippen LogP contribution in [0.4, 0.5) is 0 Å². The predicted octanol–water partition coefficient (Wildman–Crippen LogP) is 2.42. The summed E-state index contributed by atoms with van der Waals surface area (Å²) in [5.41, 5.74) is 1.20. The molecule has 1 saturated heterocycles. The predicted molar refractivity (Wildman–Crippen MR) is 123 cm³/mol. The van der Waals surface area contributed by atoms with E-state index in [4.69, 9.17) is 9.26 Å². The molecule has 1 aliphatic rings. The van der Waals surface area contributed by atoms with Crippen molar-refractivity contribution in [2.24, 2.45) is 0 Å². The van der Waals surface area contributed by atoms with Gasteiger partial charge >= 0.3 is 5.97 Å². The molecule has 0 radical (unpaired) electrons. The van der Waals surface area contributed by atoms with Gasteiger partial charge in [0.1, 0.15) is 0 Å². The number of carbonyl (C=O) groups is 2. The fraction of sp³-hybridized carbons (Fsp3) is 0.391. The summed E-state index contributed by atoms with van der Waals surface area (Å²) in [7, 11) is -3.62. The molecule has 0 saturated carbocycles. The van der Waals surface area contributed by atoms with Crippen LogP contribution in [0.25, 0.3) is 11.1 Å². The summed E-state index contributed by atoms with van der Waals surface area (Å²) in [4.78, 5) is 31.3. The molecule has 1 amide bonds. The highest BCUT2D eigenvalue weighted by Gasteiger charge is 2.32. The van der Waals surface area contributed by atoms with Crippen molar-refractivity contribution < 1.29 is 27.3 Å². The SMILES string of the molecule is CC(C)c1noc2ncc(C(=O)O[C@@H](C)C(=O)N3CCN(S(=O)(=O)c4ccccc4)CC3)cc12. The minimum Gasteiger partial charge on any atom is -0.449 e. The van der Waals surface area contributed by atoms with Crippen LogP contribution >= 0.6 is 0 Å². The smallest absolute Gasteiger partial charge is 0.340 e. The van der Waals surface area contributed by atoms with Crippen molar-refractivity contribution >= 4 is 33.0 Å². The molecule has 1 atom stereocenters. The van der Waals surface area contributed by atoms with E-state index in [9.17, 15) is 18.0 Å². The number of sulfonamides is 1. The lowest BCUT2D eigenvalue weighted by Gasteiger charge is -2.35. The highest BCUT2D eigenvalue weighted by atomic mass is 32.2. The Kier molecular flexibility index (Phi) is 6.67. The zero-order chi connectivity index (χ0) is 24.5. The van der Waals surface area contributed by atoms with Gasteiger partial charge in [-0.25, -0.2) is 18.2 Å². The third-order valence-electron chi connectivity index (χ3n) is 5.70. The van der Waals surface area contributed by atoms with Gasteiger partial charge in [0.25, 0.3) is 11.6 Å². The number of piperazine rings is 1. The molecule has 1 aliphatic heterocycles. The number of pyridine rings is 1. The van der Waals surface area contributed by atoms with E-state index in [2.05, 4.69) is 10.1 Å². The van der Waals surface area contributed by atoms with Gasteiger partial charge in [0.2, 0.25) is 10.0 Å². The second-order valence-corrected chi connectivity index (χ2v) is 10.3. The fourth-order valence-corrected chi connectivity index (χ4v) is 5.25. The van der Waals surface area contributed by atoms with E-state index in [0.717, 1.165) is 0 Å². The molecule has 3 aromatic rings. The minimum atomic E-state index is -3.62. The number of aromatic nitrogens is 2. The molecule has 0 spiro atoms. The Labute approximate surface area is 197 Å². The number of amides is 1. The lowest BCUT2D eigenvalue weighted by Crippen LogP contribution is -2.52. The molecule has 0 N–H and O–H groups in total. The van der Waals surface area contributed by atoms with Crippen molar-refractivity contribution in [1.29, 1.82) is 0 Å². The molecule has 4 rings (SSSR count). The van der Waals surface area contributed by atoms with Gasteiger partial charge in [0.15, 0.2) is 6.10 Å². The first kappa shape index (κ1) is 23.8. The maximum atomic E-state index is 12.8. The number of rotatable bonds is 6. The van der Waals surface area contributed by atoms with E-state index in [0.29, 0.717) is 16.8 Å². The van der Waals surface area contributed by atoms with E-state index < -0.39 is 22.1 Å². The van der Waals surface area contributed by atoms with Gasteiger partial charge < -0.3 is 14.2 Å². The second kappa shape index (κ2) is 9.51. The Bertz CT molecular complexity index is 1300. The van der Waals surface area contributed by atoms with Gasteiger partial charge in [0.05, 0.1) is 21.5 Å². The Hall–Kier alpha value is -3.31. The molecule has 0 aliphatic carbocycles. The summed E-state index contributed by atoms with van der Waals surface area (Å²) >= 11 is 0. The summed E-state index contributed by atoms with van der Waals surface area (Å²) < 4.78 is 37.5. The molecule has 34 heavy (non-hydrogen) atoms. The molecule has 2 aromatic heterocycles. The normalized spacial score (nSPS) is 16.1. The molecule has 0 unspecified atom stereocenters. The fourth-order valence-electron chi connectivity index (χ4n) is 3.80. The molecular formula is C23H26N4O6S. The second-order valence-electron chi connectivity index (χ2n) is 8.39. The van der Waals surface area contributed by atoms with Crippen LogP contribution in [0.1, 0.15) is 42.7 Å². The highest BCUT2D eigenvalue weighted by Crippen LogP contribution is 2.24. The molecular weight excluding hydrogens is 460 g/mol. The molecule has 1 aromatic carbocycles. The van der Waals surface area contributed by atoms with Crippen LogP contribution in [-0.2, 0) is 19.6 Å². The molecule has 1 fully saturated rings. The number of hydrogen-bond donors (Lipinski definition) is 0. The number of carbonyl (C=O) groups excluding carboxylic acids is 2. The summed E-state index contributed by atoms with van der Waals surface area (Å²) in [6.07, 6.45) is 0.289. The van der Waals surface area contributed by atoms with Gasteiger partial charge in [-0.3, -0.25) is 4.79 Å². The molecule has 0 bridgehead atoms. The monoisotopic (exact) mass is 486 g/mol. The number of nitrogens with zero attached hydrogens (tertiary/aromatic N) is 4. The standard InChI is InChI=1S/C23H26N4O6S/c1-15(2)20-19-13-17(14-24-21(19)33-25-20)23(29)32-16(3)22(28)26-9-11-27(12-10-26)34(30,31)18-7-5-4-6-8-18/h4-8,13-16H,9-12H2,1-3H3/t16-/m0/s1. The summed E-state index contributed by atoms with van der Waals surface area (Å²) in [6.45, 7) is 6.14. The summed E-state index contributed by atoms with van der Waals surface area (Å²) in [5, 5.41) is 4.62. The van der Waals surface area contributed by atoms with Crippen LogP contribution in [-0.4, -0.2) is 71.9 Å². The zero-order valence-electron chi connectivity index (χ0n) is 19.2. The first-order valence-electron chi connectivity index (χ1n) is 11.0. The van der Waals surface area contributed by atoms with Crippen molar-refractivity contribution in [2.75, 3.05) is 26.2 Å². The third-order valence-corrected chi connectivity index (χ3v) is 7.62. The first-order valence-corrected chi connectivity index (χ1v) is 12.4. The molecule has 10 nitrogen and oxygen atoms in total. The molecule has 11 heteroatoms. The average molecular weight is 487 g/mol. The van der Waals surface area contributed by atoms with E-state index in [1.807, 2.05) is 13.8 Å². The minimum absolute atomic E-state index is 0.0826. The number of hydrogen-bond acceptors (Lipinski definition) is 8. The first-order chi connectivity index (χ1) is 16.2. The largest absolute Gasteiger partial charge is 0.449 e. The van der Waals surface area contributed by atoms with Crippen molar-refractivity contribution in [3.8, 4) is 0 Å². The van der Waals surface area contributed by atoms with Crippen LogP contribution in [0.5, 0.6) is 0 Å². The van der Waals surface area contributed by atoms with E-state index in [1.54, 1.807) is 36.4 Å². The van der Waals surface area contributed by atoms with Gasteiger partial charge in [-0.15, -0.1) is 0 Å². The van der Waals surface area contributed by atoms with Crippen LogP contribution in [0.2, 0.25) is 0 Å². The van der Waals surface area contributed by atoms with Crippen molar-refractivity contribution in [3.05, 3.63) is 53.9 Å². The highest BCUT2D eigenvalue weighted by molar-refractivity contribution is 7.89. The maximum Gasteiger partial charge on any atom is 0.340 e. The third kappa shape index (κ3) is 4.66.